The van der Waals surface area contributed by atoms with Crippen molar-refractivity contribution in [1.82, 2.24) is 10.5 Å². The molecule has 78 valence electrons. The summed E-state index contributed by atoms with van der Waals surface area (Å²) >= 11 is 0. The fraction of sp³-hybridized carbons (Fsp3) is 0. The lowest BCUT2D eigenvalue weighted by Gasteiger charge is -2.18. The number of hydrogen-bond acceptors (Lipinski definition) is 3. The van der Waals surface area contributed by atoms with Crippen molar-refractivity contribution in [3.8, 4) is 5.75 Å². The lowest BCUT2D eigenvalue weighted by molar-refractivity contribution is 0.249. The van der Waals surface area contributed by atoms with Crippen LogP contribution < -0.4 is 10.3 Å². The number of para-hydroxylation sites is 1. The maximum atomic E-state index is 5.43. The van der Waals surface area contributed by atoms with Gasteiger partial charge < -0.3 is 4.84 Å². The van der Waals surface area contributed by atoms with Gasteiger partial charge in [-0.2, -0.15) is 0 Å². The number of hydroxylamine groups is 1. The van der Waals surface area contributed by atoms with E-state index >= 15 is 0 Å². The van der Waals surface area contributed by atoms with Gasteiger partial charge in [0.05, 0.1) is 11.4 Å². The van der Waals surface area contributed by atoms with Crippen LogP contribution in [0.1, 0.15) is 11.3 Å². The lowest BCUT2D eigenvalue weighted by Crippen LogP contribution is -2.20. The smallest absolute Gasteiger partial charge is 0.162 e. The van der Waals surface area contributed by atoms with Crippen molar-refractivity contribution in [2.75, 3.05) is 0 Å². The third-order valence-corrected chi connectivity index (χ3v) is 2.43. The fourth-order valence-electron chi connectivity index (χ4n) is 1.64. The van der Waals surface area contributed by atoms with Crippen LogP contribution in [-0.4, -0.2) is 4.98 Å². The van der Waals surface area contributed by atoms with Crippen molar-refractivity contribution in [1.29, 1.82) is 0 Å². The van der Waals surface area contributed by atoms with E-state index in [9.17, 15) is 0 Å². The molecular weight excluding hydrogens is 200 g/mol. The molecule has 0 bridgehead atoms. The molecule has 1 aromatic carbocycles. The minimum Gasteiger partial charge on any atom is -0.381 e. The number of benzene rings is 1. The van der Waals surface area contributed by atoms with Gasteiger partial charge in [-0.25, -0.2) is 5.48 Å². The zero-order valence-corrected chi connectivity index (χ0v) is 8.55. The summed E-state index contributed by atoms with van der Waals surface area (Å²) in [4.78, 5) is 9.70. The SMILES string of the molecule is C1=C(c2ccccn2)NOc2ccccc21. The zero-order valence-electron chi connectivity index (χ0n) is 8.55. The van der Waals surface area contributed by atoms with E-state index in [4.69, 9.17) is 4.84 Å². The zero-order chi connectivity index (χ0) is 10.8. The van der Waals surface area contributed by atoms with Gasteiger partial charge in [-0.1, -0.05) is 24.3 Å². The lowest BCUT2D eigenvalue weighted by atomic mass is 10.1. The molecule has 0 aliphatic carbocycles. The first-order valence-electron chi connectivity index (χ1n) is 5.08. The summed E-state index contributed by atoms with van der Waals surface area (Å²) < 4.78 is 0. The molecule has 1 aliphatic heterocycles. The molecule has 2 heterocycles. The average Bonchev–Trinajstić information content (AvgIpc) is 2.39. The largest absolute Gasteiger partial charge is 0.381 e. The summed E-state index contributed by atoms with van der Waals surface area (Å²) in [6, 6.07) is 13.6. The molecule has 3 heteroatoms. The highest BCUT2D eigenvalue weighted by atomic mass is 16.6. The van der Waals surface area contributed by atoms with E-state index in [1.807, 2.05) is 48.5 Å². The third kappa shape index (κ3) is 1.52. The average molecular weight is 210 g/mol. The molecule has 2 aromatic rings. The topological polar surface area (TPSA) is 34.2 Å². The van der Waals surface area contributed by atoms with Gasteiger partial charge in [0.2, 0.25) is 0 Å². The highest BCUT2D eigenvalue weighted by Gasteiger charge is 2.11. The van der Waals surface area contributed by atoms with Crippen LogP contribution in [0.15, 0.2) is 48.7 Å². The van der Waals surface area contributed by atoms with Gasteiger partial charge in [-0.15, -0.1) is 0 Å². The number of aromatic nitrogens is 1. The quantitative estimate of drug-likeness (QED) is 0.785. The first-order chi connectivity index (χ1) is 7.93. The Morgan fingerprint density at radius 3 is 2.75 bits per heavy atom. The van der Waals surface area contributed by atoms with E-state index in [1.54, 1.807) is 6.20 Å². The number of pyridine rings is 1. The van der Waals surface area contributed by atoms with Crippen molar-refractivity contribution in [3.63, 3.8) is 0 Å². The first kappa shape index (κ1) is 8.97. The van der Waals surface area contributed by atoms with Crippen molar-refractivity contribution in [2.24, 2.45) is 0 Å². The Morgan fingerprint density at radius 1 is 1.00 bits per heavy atom. The summed E-state index contributed by atoms with van der Waals surface area (Å²) in [5, 5.41) is 0. The van der Waals surface area contributed by atoms with Gasteiger partial charge in [0, 0.05) is 11.8 Å². The molecule has 1 aliphatic rings. The summed E-state index contributed by atoms with van der Waals surface area (Å²) in [7, 11) is 0. The monoisotopic (exact) mass is 210 g/mol. The number of nitrogens with zero attached hydrogens (tertiary/aromatic N) is 1. The maximum absolute atomic E-state index is 5.43. The molecule has 1 N–H and O–H groups in total. The summed E-state index contributed by atoms with van der Waals surface area (Å²) in [5.74, 6) is 0.835. The number of fused-ring (bicyclic) bond motifs is 1. The second-order valence-corrected chi connectivity index (χ2v) is 3.51. The first-order valence-corrected chi connectivity index (χ1v) is 5.08. The van der Waals surface area contributed by atoms with Gasteiger partial charge >= 0.3 is 0 Å². The van der Waals surface area contributed by atoms with E-state index in [-0.39, 0.29) is 0 Å². The highest BCUT2D eigenvalue weighted by Crippen LogP contribution is 2.26. The van der Waals surface area contributed by atoms with E-state index in [0.717, 1.165) is 22.7 Å². The van der Waals surface area contributed by atoms with Crippen LogP contribution in [-0.2, 0) is 0 Å². The third-order valence-electron chi connectivity index (χ3n) is 2.43. The van der Waals surface area contributed by atoms with E-state index < -0.39 is 0 Å². The molecule has 0 spiro atoms. The molecule has 0 amide bonds. The highest BCUT2D eigenvalue weighted by molar-refractivity contribution is 5.81. The molecular formula is C13H10N2O. The van der Waals surface area contributed by atoms with Gasteiger partial charge in [0.25, 0.3) is 0 Å². The standard InChI is InChI=1S/C13H10N2O/c1-2-7-13-10(5-1)9-12(15-16-13)11-6-3-4-8-14-11/h1-9,15H. The Morgan fingerprint density at radius 2 is 1.88 bits per heavy atom. The van der Waals surface area contributed by atoms with Crippen LogP contribution in [0.2, 0.25) is 0 Å². The summed E-state index contributed by atoms with van der Waals surface area (Å²) in [6.07, 6.45) is 3.79. The van der Waals surface area contributed by atoms with Gasteiger partial charge in [-0.05, 0) is 24.3 Å². The number of hydrogen-bond donors (Lipinski definition) is 1. The molecule has 0 fully saturated rings. The molecule has 3 rings (SSSR count). The molecule has 0 unspecified atom stereocenters. The predicted octanol–water partition coefficient (Wildman–Crippen LogP) is 2.48. The Balaban J connectivity index is 2.04. The van der Waals surface area contributed by atoms with Gasteiger partial charge in [-0.3, -0.25) is 4.98 Å². The van der Waals surface area contributed by atoms with Crippen molar-refractivity contribution in [2.45, 2.75) is 0 Å². The molecule has 1 aromatic heterocycles. The van der Waals surface area contributed by atoms with Crippen LogP contribution in [0, 0.1) is 0 Å². The summed E-state index contributed by atoms with van der Waals surface area (Å²) in [6.45, 7) is 0. The van der Waals surface area contributed by atoms with Crippen LogP contribution >= 0.6 is 0 Å². The Bertz CT molecular complexity index is 535. The second kappa shape index (κ2) is 3.70. The van der Waals surface area contributed by atoms with E-state index in [2.05, 4.69) is 10.5 Å². The number of nitrogens with one attached hydrogen (secondary N) is 1. The Kier molecular flexibility index (Phi) is 2.07. The van der Waals surface area contributed by atoms with Crippen molar-refractivity contribution < 1.29 is 4.84 Å². The van der Waals surface area contributed by atoms with E-state index in [1.165, 1.54) is 0 Å². The molecule has 0 saturated heterocycles. The molecule has 0 atom stereocenters. The normalized spacial score (nSPS) is 13.1. The van der Waals surface area contributed by atoms with Gasteiger partial charge in [0.1, 0.15) is 0 Å². The van der Waals surface area contributed by atoms with Crippen LogP contribution in [0.3, 0.4) is 0 Å². The second-order valence-electron chi connectivity index (χ2n) is 3.51. The summed E-state index contributed by atoms with van der Waals surface area (Å²) in [5.41, 5.74) is 5.69. The molecule has 0 saturated carbocycles. The fourth-order valence-corrected chi connectivity index (χ4v) is 1.64. The number of rotatable bonds is 1. The Labute approximate surface area is 93.4 Å². The maximum Gasteiger partial charge on any atom is 0.162 e. The van der Waals surface area contributed by atoms with Crippen LogP contribution in [0.25, 0.3) is 11.8 Å². The Hall–Kier alpha value is -2.29. The van der Waals surface area contributed by atoms with Gasteiger partial charge in [0.15, 0.2) is 5.75 Å². The molecule has 0 radical (unpaired) electrons. The van der Waals surface area contributed by atoms with Crippen LogP contribution in [0.4, 0.5) is 0 Å². The minimum atomic E-state index is 0.835. The molecule has 3 nitrogen and oxygen atoms in total. The van der Waals surface area contributed by atoms with Crippen LogP contribution in [0.5, 0.6) is 5.75 Å². The van der Waals surface area contributed by atoms with Crippen molar-refractivity contribution >= 4 is 11.8 Å². The minimum absolute atomic E-state index is 0.835. The molecule has 16 heavy (non-hydrogen) atoms. The predicted molar refractivity (Wildman–Crippen MR) is 62.3 cm³/mol. The van der Waals surface area contributed by atoms with Crippen molar-refractivity contribution in [3.05, 3.63) is 59.9 Å². The van der Waals surface area contributed by atoms with E-state index in [0.29, 0.717) is 0 Å².